The van der Waals surface area contributed by atoms with E-state index in [2.05, 4.69) is 5.32 Å². The van der Waals surface area contributed by atoms with E-state index < -0.39 is 33.7 Å². The van der Waals surface area contributed by atoms with Gasteiger partial charge in [-0.15, -0.1) is 0 Å². The van der Waals surface area contributed by atoms with Gasteiger partial charge in [-0.25, -0.2) is 13.2 Å². The van der Waals surface area contributed by atoms with E-state index in [0.717, 1.165) is 5.56 Å². The number of methoxy groups -OCH3 is 1. The van der Waals surface area contributed by atoms with Gasteiger partial charge in [-0.2, -0.15) is 4.31 Å². The Hall–Kier alpha value is -3.99. The molecule has 0 aliphatic rings. The first-order valence-corrected chi connectivity index (χ1v) is 14.7. The number of fused-ring (bicyclic) bond motifs is 1. The molecule has 2 N–H and O–H groups in total. The normalized spacial score (nSPS) is 13.3. The average Bonchev–Trinajstić information content (AvgIpc) is 2.96. The minimum Gasteiger partial charge on any atom is -0.497 e. The molecule has 4 aromatic rings. The third kappa shape index (κ3) is 7.60. The van der Waals surface area contributed by atoms with E-state index in [4.69, 9.17) is 9.15 Å². The molecule has 1 heterocycles. The van der Waals surface area contributed by atoms with E-state index in [1.54, 1.807) is 30.3 Å². The molecule has 0 aliphatic carbocycles. The lowest BCUT2D eigenvalue weighted by atomic mass is 10.00. The van der Waals surface area contributed by atoms with Crippen molar-refractivity contribution in [1.82, 2.24) is 9.62 Å². The van der Waals surface area contributed by atoms with E-state index in [-0.39, 0.29) is 30.3 Å². The quantitative estimate of drug-likeness (QED) is 0.245. The summed E-state index contributed by atoms with van der Waals surface area (Å²) in [6.07, 6.45) is -0.960. The number of carbonyl (C=O) groups excluding carboxylic acids is 1. The van der Waals surface area contributed by atoms with Crippen molar-refractivity contribution in [3.63, 3.8) is 0 Å². The standard InChI is InChI=1S/C31H34N2O7S/c1-21(2)19-33(41(37,38)26-13-11-25(39-3)12-14-26)20-28(34)27(17-22-7-5-4-6-8-22)32-31(36)24-9-15-29-23(18-24)10-16-30(35)40-29/h4-16,18,21,27-28,34H,17,19-20H2,1-3H3,(H,32,36)/t27-,28+/m0/s1. The number of aliphatic hydroxyl groups is 1. The fourth-order valence-corrected chi connectivity index (χ4v) is 6.15. The molecule has 0 saturated carbocycles. The van der Waals surface area contributed by atoms with Gasteiger partial charge in [0.05, 0.1) is 24.2 Å². The predicted octanol–water partition coefficient (Wildman–Crippen LogP) is 3.85. The first-order valence-electron chi connectivity index (χ1n) is 13.3. The van der Waals surface area contributed by atoms with Gasteiger partial charge in [0, 0.05) is 30.1 Å². The fourth-order valence-electron chi connectivity index (χ4n) is 4.53. The van der Waals surface area contributed by atoms with Crippen LogP contribution in [0.4, 0.5) is 0 Å². The SMILES string of the molecule is COc1ccc(S(=O)(=O)N(CC(C)C)C[C@@H](O)[C@H](Cc2ccccc2)NC(=O)c2ccc3oc(=O)ccc3c2)cc1. The van der Waals surface area contributed by atoms with Crippen molar-refractivity contribution >= 4 is 26.9 Å². The Kier molecular flexibility index (Phi) is 9.59. The van der Waals surface area contributed by atoms with Crippen LogP contribution in [0.5, 0.6) is 5.75 Å². The summed E-state index contributed by atoms with van der Waals surface area (Å²) < 4.78 is 38.8. The Morgan fingerprint density at radius 1 is 0.976 bits per heavy atom. The maximum absolute atomic E-state index is 13.6. The van der Waals surface area contributed by atoms with Crippen molar-refractivity contribution in [2.24, 2.45) is 5.92 Å². The maximum Gasteiger partial charge on any atom is 0.336 e. The van der Waals surface area contributed by atoms with Crippen molar-refractivity contribution in [2.45, 2.75) is 37.3 Å². The summed E-state index contributed by atoms with van der Waals surface area (Å²) in [4.78, 5) is 24.9. The lowest BCUT2D eigenvalue weighted by molar-refractivity contribution is 0.0776. The van der Waals surface area contributed by atoms with Crippen LogP contribution in [0.3, 0.4) is 0 Å². The molecule has 41 heavy (non-hydrogen) atoms. The van der Waals surface area contributed by atoms with Crippen LogP contribution in [0.2, 0.25) is 0 Å². The van der Waals surface area contributed by atoms with Crippen molar-refractivity contribution in [3.05, 3.63) is 106 Å². The number of rotatable bonds is 12. The van der Waals surface area contributed by atoms with Gasteiger partial charge in [-0.1, -0.05) is 44.2 Å². The molecule has 1 aromatic heterocycles. The van der Waals surface area contributed by atoms with Crippen LogP contribution < -0.4 is 15.7 Å². The lowest BCUT2D eigenvalue weighted by Gasteiger charge is -2.31. The lowest BCUT2D eigenvalue weighted by Crippen LogP contribution is -2.51. The van der Waals surface area contributed by atoms with Crippen LogP contribution in [-0.4, -0.2) is 56.1 Å². The molecule has 0 radical (unpaired) electrons. The highest BCUT2D eigenvalue weighted by atomic mass is 32.2. The van der Waals surface area contributed by atoms with Crippen LogP contribution in [0, 0.1) is 5.92 Å². The van der Waals surface area contributed by atoms with Gasteiger partial charge in [0.2, 0.25) is 10.0 Å². The highest BCUT2D eigenvalue weighted by Crippen LogP contribution is 2.22. The molecule has 10 heteroatoms. The third-order valence-corrected chi connectivity index (χ3v) is 8.46. The number of hydrogen-bond acceptors (Lipinski definition) is 7. The van der Waals surface area contributed by atoms with Crippen molar-refractivity contribution in [3.8, 4) is 5.75 Å². The van der Waals surface area contributed by atoms with E-state index in [1.165, 1.54) is 35.7 Å². The molecular formula is C31H34N2O7S. The maximum atomic E-state index is 13.6. The summed E-state index contributed by atoms with van der Waals surface area (Å²) >= 11 is 0. The van der Waals surface area contributed by atoms with Crippen LogP contribution in [0.25, 0.3) is 11.0 Å². The summed E-state index contributed by atoms with van der Waals surface area (Å²) in [5.41, 5.74) is 1.03. The van der Waals surface area contributed by atoms with Gasteiger partial charge in [-0.05, 0) is 66.4 Å². The molecule has 0 fully saturated rings. The van der Waals surface area contributed by atoms with E-state index in [1.807, 2.05) is 44.2 Å². The van der Waals surface area contributed by atoms with Gasteiger partial charge in [-0.3, -0.25) is 4.79 Å². The minimum atomic E-state index is -3.96. The van der Waals surface area contributed by atoms with Crippen molar-refractivity contribution in [2.75, 3.05) is 20.2 Å². The monoisotopic (exact) mass is 578 g/mol. The zero-order valence-corrected chi connectivity index (χ0v) is 24.0. The number of nitrogens with zero attached hydrogens (tertiary/aromatic N) is 1. The molecule has 216 valence electrons. The summed E-state index contributed by atoms with van der Waals surface area (Å²) in [7, 11) is -2.46. The van der Waals surface area contributed by atoms with Gasteiger partial charge in [0.25, 0.3) is 5.91 Å². The Balaban J connectivity index is 1.61. The van der Waals surface area contributed by atoms with Crippen LogP contribution in [-0.2, 0) is 16.4 Å². The topological polar surface area (TPSA) is 126 Å². The number of hydrogen-bond donors (Lipinski definition) is 2. The smallest absolute Gasteiger partial charge is 0.336 e. The first-order chi connectivity index (χ1) is 19.6. The van der Waals surface area contributed by atoms with E-state index in [0.29, 0.717) is 22.3 Å². The molecule has 0 saturated heterocycles. The number of nitrogens with one attached hydrogen (secondary N) is 1. The number of ether oxygens (including phenoxy) is 1. The number of aliphatic hydroxyl groups excluding tert-OH is 1. The predicted molar refractivity (Wildman–Crippen MR) is 156 cm³/mol. The van der Waals surface area contributed by atoms with Gasteiger partial charge >= 0.3 is 5.63 Å². The molecule has 0 unspecified atom stereocenters. The number of sulfonamides is 1. The molecular weight excluding hydrogens is 544 g/mol. The van der Waals surface area contributed by atoms with Crippen LogP contribution in [0.15, 0.2) is 99.0 Å². The summed E-state index contributed by atoms with van der Waals surface area (Å²) in [5.74, 6) is 0.0578. The zero-order valence-electron chi connectivity index (χ0n) is 23.2. The largest absolute Gasteiger partial charge is 0.497 e. The first kappa shape index (κ1) is 30.0. The molecule has 0 aliphatic heterocycles. The second-order valence-corrected chi connectivity index (χ2v) is 12.2. The Labute approximate surface area is 239 Å². The van der Waals surface area contributed by atoms with Crippen LogP contribution in [0.1, 0.15) is 29.8 Å². The molecule has 0 bridgehead atoms. The fraction of sp³-hybridized carbons (Fsp3) is 0.290. The third-order valence-electron chi connectivity index (χ3n) is 6.62. The molecule has 4 rings (SSSR count). The van der Waals surface area contributed by atoms with Gasteiger partial charge < -0.3 is 19.6 Å². The molecule has 9 nitrogen and oxygen atoms in total. The van der Waals surface area contributed by atoms with Gasteiger partial charge in [0.1, 0.15) is 11.3 Å². The number of benzene rings is 3. The van der Waals surface area contributed by atoms with Crippen molar-refractivity contribution in [1.29, 1.82) is 0 Å². The summed E-state index contributed by atoms with van der Waals surface area (Å²) in [5, 5.41) is 14.9. The Morgan fingerprint density at radius 3 is 2.34 bits per heavy atom. The second kappa shape index (κ2) is 13.1. The number of carbonyl (C=O) groups is 1. The Bertz CT molecular complexity index is 1630. The number of amides is 1. The molecule has 3 aromatic carbocycles. The molecule has 0 spiro atoms. The van der Waals surface area contributed by atoms with Gasteiger partial charge in [0.15, 0.2) is 0 Å². The van der Waals surface area contributed by atoms with Crippen LogP contribution >= 0.6 is 0 Å². The van der Waals surface area contributed by atoms with E-state index >= 15 is 0 Å². The highest BCUT2D eigenvalue weighted by Gasteiger charge is 2.31. The summed E-state index contributed by atoms with van der Waals surface area (Å²) in [6, 6.07) is 22.1. The van der Waals surface area contributed by atoms with Crippen molar-refractivity contribution < 1.29 is 27.5 Å². The molecule has 2 atom stereocenters. The summed E-state index contributed by atoms with van der Waals surface area (Å²) in [6.45, 7) is 3.74. The highest BCUT2D eigenvalue weighted by molar-refractivity contribution is 7.89. The zero-order chi connectivity index (χ0) is 29.6. The second-order valence-electron chi connectivity index (χ2n) is 10.2. The average molecular weight is 579 g/mol. The Morgan fingerprint density at radius 2 is 1.68 bits per heavy atom. The molecule has 1 amide bonds. The minimum absolute atomic E-state index is 0.0185. The van der Waals surface area contributed by atoms with E-state index in [9.17, 15) is 23.1 Å².